The Morgan fingerprint density at radius 2 is 2.23 bits per heavy atom. The molecule has 0 atom stereocenters. The number of hydrogen-bond acceptors (Lipinski definition) is 4. The van der Waals surface area contributed by atoms with Crippen LogP contribution < -0.4 is 0 Å². The van der Waals surface area contributed by atoms with Crippen molar-refractivity contribution in [3.63, 3.8) is 0 Å². The highest BCUT2D eigenvalue weighted by Gasteiger charge is 2.28. The van der Waals surface area contributed by atoms with Gasteiger partial charge < -0.3 is 15.2 Å². The van der Waals surface area contributed by atoms with Gasteiger partial charge in [-0.1, -0.05) is 0 Å². The van der Waals surface area contributed by atoms with Crippen LogP contribution in [0.5, 0.6) is 0 Å². The fraction of sp³-hybridized carbons (Fsp3) is 0.571. The monoisotopic (exact) mass is 185 g/mol. The first-order chi connectivity index (χ1) is 5.84. The Kier molecular flexibility index (Phi) is 2.09. The summed E-state index contributed by atoms with van der Waals surface area (Å²) in [4.78, 5) is 13.7. The zero-order chi connectivity index (χ0) is 10.2. The molecule has 0 radical (unpaired) electrons. The number of rotatable bonds is 2. The first-order valence-corrected chi connectivity index (χ1v) is 3.73. The fourth-order valence-electron chi connectivity index (χ4n) is 1.14. The highest BCUT2D eigenvalue weighted by molar-refractivity contribution is 5.21. The summed E-state index contributed by atoms with van der Waals surface area (Å²) in [6.45, 7) is 3.05. The molecule has 0 saturated carbocycles. The second-order valence-corrected chi connectivity index (χ2v) is 3.32. The lowest BCUT2D eigenvalue weighted by Crippen LogP contribution is -2.21. The second kappa shape index (κ2) is 2.81. The molecule has 72 valence electrons. The standard InChI is InChI=1S/C7H11N3O3/c1-7(2,11)6-8-4-5(9(6)3)10(12)13/h4,11H,1-3H3. The van der Waals surface area contributed by atoms with Crippen molar-refractivity contribution in [1.82, 2.24) is 9.55 Å². The lowest BCUT2D eigenvalue weighted by atomic mass is 10.1. The number of aromatic nitrogens is 2. The Balaban J connectivity index is 3.22. The van der Waals surface area contributed by atoms with Gasteiger partial charge in [0.05, 0.1) is 7.05 Å². The summed E-state index contributed by atoms with van der Waals surface area (Å²) >= 11 is 0. The number of imidazole rings is 1. The van der Waals surface area contributed by atoms with E-state index in [4.69, 9.17) is 0 Å². The zero-order valence-corrected chi connectivity index (χ0v) is 7.68. The molecule has 0 amide bonds. The van der Waals surface area contributed by atoms with Gasteiger partial charge in [0.15, 0.2) is 0 Å². The van der Waals surface area contributed by atoms with Crippen LogP contribution >= 0.6 is 0 Å². The van der Waals surface area contributed by atoms with E-state index in [1.165, 1.54) is 25.5 Å². The molecule has 1 aromatic heterocycles. The summed E-state index contributed by atoms with van der Waals surface area (Å²) in [5, 5.41) is 20.0. The third-order valence-electron chi connectivity index (χ3n) is 1.70. The minimum Gasteiger partial charge on any atom is -0.380 e. The molecule has 0 aliphatic heterocycles. The van der Waals surface area contributed by atoms with Crippen molar-refractivity contribution < 1.29 is 10.0 Å². The van der Waals surface area contributed by atoms with Crippen LogP contribution in [0, 0.1) is 10.1 Å². The van der Waals surface area contributed by atoms with Gasteiger partial charge in [0.25, 0.3) is 0 Å². The lowest BCUT2D eigenvalue weighted by molar-refractivity contribution is -0.392. The van der Waals surface area contributed by atoms with Crippen LogP contribution in [0.2, 0.25) is 0 Å². The molecular formula is C7H11N3O3. The predicted molar refractivity (Wildman–Crippen MR) is 45.1 cm³/mol. The van der Waals surface area contributed by atoms with Gasteiger partial charge in [0.1, 0.15) is 11.8 Å². The molecule has 1 rings (SSSR count). The summed E-state index contributed by atoms with van der Waals surface area (Å²) in [5.74, 6) is 0.149. The zero-order valence-electron chi connectivity index (χ0n) is 7.68. The molecule has 1 N–H and O–H groups in total. The Morgan fingerprint density at radius 1 is 1.69 bits per heavy atom. The normalized spacial score (nSPS) is 11.7. The van der Waals surface area contributed by atoms with E-state index >= 15 is 0 Å². The lowest BCUT2D eigenvalue weighted by Gasteiger charge is -2.12. The highest BCUT2D eigenvalue weighted by atomic mass is 16.6. The van der Waals surface area contributed by atoms with Gasteiger partial charge in [-0.05, 0) is 18.8 Å². The van der Waals surface area contributed by atoms with Crippen LogP contribution in [-0.2, 0) is 12.6 Å². The predicted octanol–water partition coefficient (Wildman–Crippen LogP) is 0.556. The molecule has 0 unspecified atom stereocenters. The van der Waals surface area contributed by atoms with Crippen LogP contribution in [0.1, 0.15) is 19.7 Å². The van der Waals surface area contributed by atoms with Crippen LogP contribution in [0.3, 0.4) is 0 Å². The molecule has 1 aromatic rings. The largest absolute Gasteiger partial charge is 0.380 e. The van der Waals surface area contributed by atoms with E-state index < -0.39 is 10.5 Å². The van der Waals surface area contributed by atoms with Crippen molar-refractivity contribution in [2.24, 2.45) is 7.05 Å². The maximum atomic E-state index is 10.4. The van der Waals surface area contributed by atoms with Crippen LogP contribution in [0.4, 0.5) is 5.82 Å². The van der Waals surface area contributed by atoms with E-state index in [0.717, 1.165) is 6.20 Å². The summed E-state index contributed by atoms with van der Waals surface area (Å²) in [6.07, 6.45) is 1.13. The first kappa shape index (κ1) is 9.66. The Morgan fingerprint density at radius 3 is 2.46 bits per heavy atom. The van der Waals surface area contributed by atoms with Crippen LogP contribution in [0.15, 0.2) is 6.20 Å². The third-order valence-corrected chi connectivity index (χ3v) is 1.70. The van der Waals surface area contributed by atoms with Crippen molar-refractivity contribution in [2.45, 2.75) is 19.4 Å². The minimum absolute atomic E-state index is 0.128. The van der Waals surface area contributed by atoms with E-state index in [-0.39, 0.29) is 11.6 Å². The van der Waals surface area contributed by atoms with Crippen molar-refractivity contribution in [1.29, 1.82) is 0 Å². The Labute approximate surface area is 75.0 Å². The maximum Gasteiger partial charge on any atom is 0.342 e. The molecule has 0 aromatic carbocycles. The average Bonchev–Trinajstić information content (AvgIpc) is 2.28. The van der Waals surface area contributed by atoms with Gasteiger partial charge in [0.2, 0.25) is 5.82 Å². The fourth-order valence-corrected chi connectivity index (χ4v) is 1.14. The Hall–Kier alpha value is -1.43. The SMILES string of the molecule is Cn1c([N+](=O)[O-])cnc1C(C)(C)O. The van der Waals surface area contributed by atoms with E-state index in [2.05, 4.69) is 4.98 Å². The van der Waals surface area contributed by atoms with Crippen LogP contribution in [0.25, 0.3) is 0 Å². The van der Waals surface area contributed by atoms with Gasteiger partial charge in [0, 0.05) is 0 Å². The molecule has 1 heterocycles. The molecular weight excluding hydrogens is 174 g/mol. The molecule has 0 aliphatic carbocycles. The third kappa shape index (κ3) is 1.67. The average molecular weight is 185 g/mol. The van der Waals surface area contributed by atoms with E-state index in [1.54, 1.807) is 0 Å². The van der Waals surface area contributed by atoms with Crippen molar-refractivity contribution in [3.05, 3.63) is 22.1 Å². The summed E-state index contributed by atoms with van der Waals surface area (Å²) < 4.78 is 1.26. The molecule has 0 saturated heterocycles. The van der Waals surface area contributed by atoms with Gasteiger partial charge >= 0.3 is 5.82 Å². The molecule has 6 nitrogen and oxygen atoms in total. The molecule has 13 heavy (non-hydrogen) atoms. The van der Waals surface area contributed by atoms with Crippen LogP contribution in [-0.4, -0.2) is 19.6 Å². The molecule has 6 heteroatoms. The van der Waals surface area contributed by atoms with E-state index in [0.29, 0.717) is 0 Å². The van der Waals surface area contributed by atoms with Crippen molar-refractivity contribution in [2.75, 3.05) is 0 Å². The van der Waals surface area contributed by atoms with Crippen molar-refractivity contribution >= 4 is 5.82 Å². The second-order valence-electron chi connectivity index (χ2n) is 3.32. The van der Waals surface area contributed by atoms with Gasteiger partial charge in [-0.25, -0.2) is 9.55 Å². The highest BCUT2D eigenvalue weighted by Crippen LogP contribution is 2.21. The van der Waals surface area contributed by atoms with E-state index in [9.17, 15) is 15.2 Å². The topological polar surface area (TPSA) is 81.2 Å². The first-order valence-electron chi connectivity index (χ1n) is 3.73. The van der Waals surface area contributed by atoms with Crippen molar-refractivity contribution in [3.8, 4) is 0 Å². The van der Waals surface area contributed by atoms with Gasteiger partial charge in [-0.15, -0.1) is 0 Å². The summed E-state index contributed by atoms with van der Waals surface area (Å²) in [7, 11) is 1.50. The smallest absolute Gasteiger partial charge is 0.342 e. The van der Waals surface area contributed by atoms with E-state index in [1.807, 2.05) is 0 Å². The molecule has 0 aliphatic rings. The quantitative estimate of drug-likeness (QED) is 0.539. The summed E-state index contributed by atoms with van der Waals surface area (Å²) in [5.41, 5.74) is -1.16. The molecule has 0 spiro atoms. The number of aliphatic hydroxyl groups is 1. The van der Waals surface area contributed by atoms with Gasteiger partial charge in [-0.3, -0.25) is 0 Å². The van der Waals surface area contributed by atoms with Gasteiger partial charge in [-0.2, -0.15) is 0 Å². The Bertz CT molecular complexity index is 337. The molecule has 0 fully saturated rings. The molecule has 0 bridgehead atoms. The number of hydrogen-bond donors (Lipinski definition) is 1. The number of nitro groups is 1. The minimum atomic E-state index is -1.16. The maximum absolute atomic E-state index is 10.4. The number of nitrogens with zero attached hydrogens (tertiary/aromatic N) is 3. The summed E-state index contributed by atoms with van der Waals surface area (Å²) in [6, 6.07) is 0.